The van der Waals surface area contributed by atoms with Gasteiger partial charge in [-0.2, -0.15) is 13.2 Å². The first kappa shape index (κ1) is 22.7. The maximum Gasteiger partial charge on any atom is 0.416 e. The number of alkyl halides is 3. The molecule has 2 aromatic carbocycles. The van der Waals surface area contributed by atoms with Crippen LogP contribution >= 0.6 is 0 Å². The van der Waals surface area contributed by atoms with Crippen molar-refractivity contribution in [3.8, 4) is 11.1 Å². The second-order valence-electron chi connectivity index (χ2n) is 8.29. The number of halogens is 3. The molecule has 0 heterocycles. The smallest absolute Gasteiger partial charge is 0.416 e. The van der Waals surface area contributed by atoms with Gasteiger partial charge in [0.25, 0.3) is 0 Å². The van der Waals surface area contributed by atoms with Crippen LogP contribution in [0.4, 0.5) is 13.2 Å². The summed E-state index contributed by atoms with van der Waals surface area (Å²) in [5.41, 5.74) is 1.02. The normalized spacial score (nSPS) is 13.1. The first-order chi connectivity index (χ1) is 13.3. The molecule has 0 aromatic heterocycles. The van der Waals surface area contributed by atoms with Crippen LogP contribution in [0.25, 0.3) is 11.1 Å². The van der Waals surface area contributed by atoms with Crippen LogP contribution in [0, 0.1) is 5.41 Å². The summed E-state index contributed by atoms with van der Waals surface area (Å²) in [5, 5.41) is 0. The Kier molecular flexibility index (Phi) is 6.56. The molecule has 3 nitrogen and oxygen atoms in total. The number of Topliss-reactive ketones (excluding diaryl/α,β-unsaturated/α-hetero) is 1. The highest BCUT2D eigenvalue weighted by atomic mass is 19.4. The van der Waals surface area contributed by atoms with Crippen molar-refractivity contribution < 1.29 is 27.5 Å². The first-order valence-electron chi connectivity index (χ1n) is 9.26. The Hall–Kier alpha value is -2.63. The van der Waals surface area contributed by atoms with Gasteiger partial charge in [-0.3, -0.25) is 9.59 Å². The molecule has 0 radical (unpaired) electrons. The van der Waals surface area contributed by atoms with Gasteiger partial charge in [0.15, 0.2) is 5.78 Å². The van der Waals surface area contributed by atoms with E-state index < -0.39 is 23.6 Å². The van der Waals surface area contributed by atoms with Gasteiger partial charge in [-0.25, -0.2) is 0 Å². The van der Waals surface area contributed by atoms with Crippen LogP contribution in [0.5, 0.6) is 0 Å². The number of rotatable bonds is 5. The number of benzene rings is 2. The second kappa shape index (κ2) is 8.39. The molecule has 0 saturated heterocycles. The fourth-order valence-corrected chi connectivity index (χ4v) is 3.04. The molecule has 0 aliphatic carbocycles. The molecular formula is C23H25F3O3. The molecule has 0 bridgehead atoms. The molecule has 2 rings (SSSR count). The van der Waals surface area contributed by atoms with Crippen LogP contribution in [0.15, 0.2) is 42.5 Å². The van der Waals surface area contributed by atoms with Gasteiger partial charge >= 0.3 is 12.1 Å². The van der Waals surface area contributed by atoms with Crippen molar-refractivity contribution in [1.82, 2.24) is 0 Å². The van der Waals surface area contributed by atoms with Crippen molar-refractivity contribution in [3.63, 3.8) is 0 Å². The number of carbonyl (C=O) groups is 2. The number of ether oxygens (including phenoxy) is 1. The Morgan fingerprint density at radius 2 is 1.59 bits per heavy atom. The molecule has 2 aromatic rings. The number of esters is 1. The van der Waals surface area contributed by atoms with E-state index in [1.165, 1.54) is 19.2 Å². The maximum absolute atomic E-state index is 12.9. The van der Waals surface area contributed by atoms with Gasteiger partial charge in [0.2, 0.25) is 0 Å². The molecule has 156 valence electrons. The van der Waals surface area contributed by atoms with Gasteiger partial charge < -0.3 is 4.74 Å². The third kappa shape index (κ3) is 5.68. The Morgan fingerprint density at radius 3 is 2.07 bits per heavy atom. The van der Waals surface area contributed by atoms with Crippen LogP contribution in [-0.2, 0) is 15.7 Å². The van der Waals surface area contributed by atoms with Crippen molar-refractivity contribution in [2.24, 2.45) is 5.41 Å². The molecular weight excluding hydrogens is 381 g/mol. The molecule has 0 aliphatic heterocycles. The Balaban J connectivity index is 2.58. The highest BCUT2D eigenvalue weighted by Gasteiger charge is 2.30. The van der Waals surface area contributed by atoms with Crippen LogP contribution in [-0.4, -0.2) is 18.9 Å². The predicted octanol–water partition coefficient (Wildman–Crippen LogP) is 6.27. The fraction of sp³-hybridized carbons (Fsp3) is 0.391. The average Bonchev–Trinajstić information content (AvgIpc) is 2.64. The summed E-state index contributed by atoms with van der Waals surface area (Å²) in [6, 6.07) is 9.67. The fourth-order valence-electron chi connectivity index (χ4n) is 3.04. The van der Waals surface area contributed by atoms with E-state index in [4.69, 9.17) is 4.74 Å². The monoisotopic (exact) mass is 406 g/mol. The van der Waals surface area contributed by atoms with Crippen LogP contribution in [0.3, 0.4) is 0 Å². The predicted molar refractivity (Wildman–Crippen MR) is 106 cm³/mol. The van der Waals surface area contributed by atoms with E-state index in [0.717, 1.165) is 12.1 Å². The molecule has 0 aliphatic rings. The summed E-state index contributed by atoms with van der Waals surface area (Å²) in [4.78, 5) is 24.8. The van der Waals surface area contributed by atoms with E-state index in [-0.39, 0.29) is 17.6 Å². The highest BCUT2D eigenvalue weighted by molar-refractivity contribution is 6.03. The summed E-state index contributed by atoms with van der Waals surface area (Å²) in [6.07, 6.45) is -4.16. The van der Waals surface area contributed by atoms with Gasteiger partial charge in [-0.05, 0) is 47.2 Å². The van der Waals surface area contributed by atoms with E-state index >= 15 is 0 Å². The molecule has 0 spiro atoms. The van der Waals surface area contributed by atoms with Gasteiger partial charge in [0.1, 0.15) is 0 Å². The van der Waals surface area contributed by atoms with E-state index in [0.29, 0.717) is 22.3 Å². The van der Waals surface area contributed by atoms with Gasteiger partial charge in [0.05, 0.1) is 18.6 Å². The minimum Gasteiger partial charge on any atom is -0.469 e. The highest BCUT2D eigenvalue weighted by Crippen LogP contribution is 2.34. The van der Waals surface area contributed by atoms with Crippen molar-refractivity contribution in [2.75, 3.05) is 7.11 Å². The summed E-state index contributed by atoms with van der Waals surface area (Å²) < 4.78 is 43.5. The number of carbonyl (C=O) groups excluding carboxylic acids is 2. The molecule has 0 saturated carbocycles. The lowest BCUT2D eigenvalue weighted by molar-refractivity contribution is -0.142. The summed E-state index contributed by atoms with van der Waals surface area (Å²) in [6.45, 7) is 7.50. The standard InChI is InChI=1S/C23H25F3O3/c1-14(21(28)29-5)16-8-11-18(20(27)13-22(2,3)4)19(12-16)15-6-9-17(10-7-15)23(24,25)26/h6-12,14H,13H2,1-5H3/t14-/m1/s1. The third-order valence-electron chi connectivity index (χ3n) is 4.61. The second-order valence-corrected chi connectivity index (χ2v) is 8.29. The Labute approximate surface area is 168 Å². The Bertz CT molecular complexity index is 891. The van der Waals surface area contributed by atoms with Crippen molar-refractivity contribution >= 4 is 11.8 Å². The zero-order valence-electron chi connectivity index (χ0n) is 17.2. The number of hydrogen-bond acceptors (Lipinski definition) is 3. The minimum absolute atomic E-state index is 0.107. The topological polar surface area (TPSA) is 43.4 Å². The van der Waals surface area contributed by atoms with Crippen molar-refractivity contribution in [3.05, 3.63) is 59.2 Å². The molecule has 0 N–H and O–H groups in total. The van der Waals surface area contributed by atoms with E-state index in [2.05, 4.69) is 0 Å². The molecule has 0 amide bonds. The zero-order chi connectivity index (χ0) is 22.0. The van der Waals surface area contributed by atoms with E-state index in [9.17, 15) is 22.8 Å². The van der Waals surface area contributed by atoms with Crippen molar-refractivity contribution in [1.29, 1.82) is 0 Å². The van der Waals surface area contributed by atoms with Gasteiger partial charge in [-0.15, -0.1) is 0 Å². The average molecular weight is 406 g/mol. The number of methoxy groups -OCH3 is 1. The van der Waals surface area contributed by atoms with E-state index in [1.54, 1.807) is 25.1 Å². The van der Waals surface area contributed by atoms with E-state index in [1.807, 2.05) is 20.8 Å². The van der Waals surface area contributed by atoms with Crippen LogP contribution < -0.4 is 0 Å². The summed E-state index contributed by atoms with van der Waals surface area (Å²) >= 11 is 0. The molecule has 1 atom stereocenters. The quantitative estimate of drug-likeness (QED) is 0.434. The molecule has 29 heavy (non-hydrogen) atoms. The largest absolute Gasteiger partial charge is 0.469 e. The first-order valence-corrected chi connectivity index (χ1v) is 9.26. The summed E-state index contributed by atoms with van der Waals surface area (Å²) in [7, 11) is 1.29. The lowest BCUT2D eigenvalue weighted by atomic mass is 9.84. The van der Waals surface area contributed by atoms with Crippen LogP contribution in [0.2, 0.25) is 0 Å². The minimum atomic E-state index is -4.44. The molecule has 0 unspecified atom stereocenters. The SMILES string of the molecule is COC(=O)[C@H](C)c1ccc(C(=O)CC(C)(C)C)c(-c2ccc(C(F)(F)F)cc2)c1. The van der Waals surface area contributed by atoms with Gasteiger partial charge in [-0.1, -0.05) is 45.0 Å². The molecule has 0 fully saturated rings. The maximum atomic E-state index is 12.9. The zero-order valence-corrected chi connectivity index (χ0v) is 17.2. The Morgan fingerprint density at radius 1 is 1.00 bits per heavy atom. The van der Waals surface area contributed by atoms with Crippen molar-refractivity contribution in [2.45, 2.75) is 46.2 Å². The lowest BCUT2D eigenvalue weighted by Crippen LogP contribution is -2.15. The molecule has 6 heteroatoms. The number of ketones is 1. The summed E-state index contributed by atoms with van der Waals surface area (Å²) in [5.74, 6) is -1.11. The lowest BCUT2D eigenvalue weighted by Gasteiger charge is -2.20. The number of hydrogen-bond donors (Lipinski definition) is 0. The third-order valence-corrected chi connectivity index (χ3v) is 4.61. The van der Waals surface area contributed by atoms with Gasteiger partial charge in [0, 0.05) is 12.0 Å². The van der Waals surface area contributed by atoms with Crippen LogP contribution in [0.1, 0.15) is 61.5 Å².